The van der Waals surface area contributed by atoms with Crippen LogP contribution in [-0.4, -0.2) is 20.2 Å². The molecule has 0 fully saturated rings. The second-order valence-corrected chi connectivity index (χ2v) is 4.58. The zero-order valence-electron chi connectivity index (χ0n) is 11.4. The third kappa shape index (κ3) is 3.58. The summed E-state index contributed by atoms with van der Waals surface area (Å²) in [6, 6.07) is 3.43. The average molecular weight is 292 g/mol. The first-order valence-electron chi connectivity index (χ1n) is 5.52. The summed E-state index contributed by atoms with van der Waals surface area (Å²) in [5.74, 6) is -0.472. The number of halogens is 2. The van der Waals surface area contributed by atoms with E-state index in [1.54, 1.807) is 13.8 Å². The second kappa shape index (κ2) is 6.73. The molecule has 1 rings (SSSR count). The number of methoxy groups -OCH3 is 2. The van der Waals surface area contributed by atoms with Gasteiger partial charge in [0, 0.05) is 11.6 Å². The first-order valence-corrected chi connectivity index (χ1v) is 5.52. The lowest BCUT2D eigenvalue weighted by atomic mass is 9.81. The minimum atomic E-state index is -1.03. The van der Waals surface area contributed by atoms with Crippen molar-refractivity contribution in [3.63, 3.8) is 0 Å². The van der Waals surface area contributed by atoms with Crippen molar-refractivity contribution in [3.8, 4) is 5.75 Å². The Bertz CT molecular complexity index is 452. The Morgan fingerprint density at radius 2 is 1.95 bits per heavy atom. The Kier molecular flexibility index (Phi) is 6.25. The van der Waals surface area contributed by atoms with Crippen LogP contribution in [0.2, 0.25) is 0 Å². The molecule has 0 aliphatic heterocycles. The van der Waals surface area contributed by atoms with Gasteiger partial charge in [-0.25, -0.2) is 4.39 Å². The van der Waals surface area contributed by atoms with E-state index in [1.165, 1.54) is 32.4 Å². The molecule has 1 atom stereocenters. The molecule has 0 spiro atoms. The molecule has 2 N–H and O–H groups in total. The number of nitrogens with two attached hydrogens (primary N) is 1. The van der Waals surface area contributed by atoms with Gasteiger partial charge < -0.3 is 15.2 Å². The summed E-state index contributed by atoms with van der Waals surface area (Å²) in [5, 5.41) is 0. The van der Waals surface area contributed by atoms with Crippen molar-refractivity contribution < 1.29 is 18.7 Å². The van der Waals surface area contributed by atoms with E-state index in [4.69, 9.17) is 10.5 Å². The van der Waals surface area contributed by atoms with Gasteiger partial charge in [-0.05, 0) is 32.0 Å². The molecule has 0 bridgehead atoms. The van der Waals surface area contributed by atoms with E-state index in [1.807, 2.05) is 0 Å². The quantitative estimate of drug-likeness (QED) is 0.866. The highest BCUT2D eigenvalue weighted by Gasteiger charge is 2.38. The molecule has 0 heterocycles. The smallest absolute Gasteiger partial charge is 0.313 e. The summed E-state index contributed by atoms with van der Waals surface area (Å²) in [5.41, 5.74) is 5.18. The molecule has 0 saturated carbocycles. The minimum absolute atomic E-state index is 0. The minimum Gasteiger partial charge on any atom is -0.497 e. The van der Waals surface area contributed by atoms with Gasteiger partial charge in [0.15, 0.2) is 0 Å². The average Bonchev–Trinajstić information content (AvgIpc) is 2.37. The fourth-order valence-corrected chi connectivity index (χ4v) is 1.67. The van der Waals surface area contributed by atoms with Crippen molar-refractivity contribution >= 4 is 18.4 Å². The maximum atomic E-state index is 13.8. The van der Waals surface area contributed by atoms with Crippen LogP contribution in [0.1, 0.15) is 25.5 Å². The molecule has 19 heavy (non-hydrogen) atoms. The van der Waals surface area contributed by atoms with Crippen molar-refractivity contribution in [3.05, 3.63) is 29.6 Å². The molecule has 0 saturated heterocycles. The molecular weight excluding hydrogens is 273 g/mol. The maximum absolute atomic E-state index is 13.8. The molecule has 0 aliphatic rings. The van der Waals surface area contributed by atoms with E-state index in [-0.39, 0.29) is 18.0 Å². The van der Waals surface area contributed by atoms with Crippen LogP contribution >= 0.6 is 12.4 Å². The summed E-state index contributed by atoms with van der Waals surface area (Å²) < 4.78 is 23.5. The van der Waals surface area contributed by atoms with E-state index in [0.717, 1.165) is 0 Å². The van der Waals surface area contributed by atoms with Gasteiger partial charge in [0.1, 0.15) is 11.6 Å². The monoisotopic (exact) mass is 291 g/mol. The normalized spacial score (nSPS) is 12.3. The predicted molar refractivity (Wildman–Crippen MR) is 72.9 cm³/mol. The Balaban J connectivity index is 0.00000324. The number of hydrogen-bond donors (Lipinski definition) is 1. The predicted octanol–water partition coefficient (Wildman–Crippen LogP) is 2.46. The standard InChI is InChI=1S/C13H18FNO3.ClH/c1-13(2,12(16)18-4)11(15)9-7-8(17-3)5-6-10(9)14;/h5-7,11H,15H2,1-4H3;1H/t11-;/m0./s1. The Morgan fingerprint density at radius 3 is 2.42 bits per heavy atom. The molecule has 0 unspecified atom stereocenters. The molecule has 108 valence electrons. The lowest BCUT2D eigenvalue weighted by Gasteiger charge is -2.29. The van der Waals surface area contributed by atoms with E-state index in [2.05, 4.69) is 4.74 Å². The molecule has 0 aromatic heterocycles. The number of ether oxygens (including phenoxy) is 2. The third-order valence-corrected chi connectivity index (χ3v) is 3.03. The number of esters is 1. The fourth-order valence-electron chi connectivity index (χ4n) is 1.67. The van der Waals surface area contributed by atoms with Crippen LogP contribution < -0.4 is 10.5 Å². The van der Waals surface area contributed by atoms with Crippen LogP contribution in [-0.2, 0) is 9.53 Å². The molecule has 4 nitrogen and oxygen atoms in total. The SMILES string of the molecule is COC(=O)C(C)(C)[C@@H](N)c1cc(OC)ccc1F.Cl. The number of carbonyl (C=O) groups excluding carboxylic acids is 1. The first kappa shape index (κ1) is 17.7. The first-order chi connectivity index (χ1) is 8.34. The number of hydrogen-bond acceptors (Lipinski definition) is 4. The Labute approximate surface area is 118 Å². The third-order valence-electron chi connectivity index (χ3n) is 3.03. The molecule has 0 radical (unpaired) electrons. The molecule has 1 aromatic rings. The lowest BCUT2D eigenvalue weighted by Crippen LogP contribution is -2.37. The van der Waals surface area contributed by atoms with Crippen LogP contribution in [0.5, 0.6) is 5.75 Å². The zero-order chi connectivity index (χ0) is 13.9. The maximum Gasteiger partial charge on any atom is 0.313 e. The number of carbonyl (C=O) groups is 1. The van der Waals surface area contributed by atoms with Gasteiger partial charge in [-0.3, -0.25) is 4.79 Å². The van der Waals surface area contributed by atoms with Crippen LogP contribution in [0.25, 0.3) is 0 Å². The van der Waals surface area contributed by atoms with E-state index < -0.39 is 23.2 Å². The van der Waals surface area contributed by atoms with Gasteiger partial charge in [-0.15, -0.1) is 12.4 Å². The summed E-state index contributed by atoms with van der Waals surface area (Å²) >= 11 is 0. The zero-order valence-corrected chi connectivity index (χ0v) is 12.2. The van der Waals surface area contributed by atoms with Crippen molar-refractivity contribution in [2.75, 3.05) is 14.2 Å². The second-order valence-electron chi connectivity index (χ2n) is 4.58. The highest BCUT2D eigenvalue weighted by molar-refractivity contribution is 5.85. The number of benzene rings is 1. The summed E-state index contributed by atoms with van der Waals surface area (Å²) in [6.45, 7) is 3.23. The van der Waals surface area contributed by atoms with Crippen LogP contribution in [0, 0.1) is 11.2 Å². The van der Waals surface area contributed by atoms with E-state index in [0.29, 0.717) is 5.75 Å². The summed E-state index contributed by atoms with van der Waals surface area (Å²) in [4.78, 5) is 11.7. The largest absolute Gasteiger partial charge is 0.497 e. The van der Waals surface area contributed by atoms with Gasteiger partial charge in [-0.2, -0.15) is 0 Å². The lowest BCUT2D eigenvalue weighted by molar-refractivity contribution is -0.152. The molecule has 0 amide bonds. The molecule has 0 aliphatic carbocycles. The van der Waals surface area contributed by atoms with Crippen LogP contribution in [0.15, 0.2) is 18.2 Å². The van der Waals surface area contributed by atoms with Crippen molar-refractivity contribution in [1.29, 1.82) is 0 Å². The van der Waals surface area contributed by atoms with Gasteiger partial charge in [0.05, 0.1) is 19.6 Å². The highest BCUT2D eigenvalue weighted by atomic mass is 35.5. The highest BCUT2D eigenvalue weighted by Crippen LogP contribution is 2.35. The van der Waals surface area contributed by atoms with Crippen molar-refractivity contribution in [2.45, 2.75) is 19.9 Å². The Hall–Kier alpha value is -1.33. The van der Waals surface area contributed by atoms with Gasteiger partial charge in [0.2, 0.25) is 0 Å². The Morgan fingerprint density at radius 1 is 1.37 bits per heavy atom. The molecular formula is C13H19ClFNO3. The summed E-state index contributed by atoms with van der Waals surface area (Å²) in [7, 11) is 2.76. The van der Waals surface area contributed by atoms with Crippen molar-refractivity contribution in [1.82, 2.24) is 0 Å². The number of rotatable bonds is 4. The summed E-state index contributed by atoms with van der Waals surface area (Å²) in [6.07, 6.45) is 0. The van der Waals surface area contributed by atoms with Gasteiger partial charge in [0.25, 0.3) is 0 Å². The van der Waals surface area contributed by atoms with Crippen LogP contribution in [0.3, 0.4) is 0 Å². The van der Waals surface area contributed by atoms with E-state index >= 15 is 0 Å². The van der Waals surface area contributed by atoms with Crippen molar-refractivity contribution in [2.24, 2.45) is 11.1 Å². The van der Waals surface area contributed by atoms with Gasteiger partial charge in [-0.1, -0.05) is 0 Å². The molecule has 6 heteroatoms. The van der Waals surface area contributed by atoms with Gasteiger partial charge >= 0.3 is 5.97 Å². The topological polar surface area (TPSA) is 61.5 Å². The molecule has 1 aromatic carbocycles. The fraction of sp³-hybridized carbons (Fsp3) is 0.462. The van der Waals surface area contributed by atoms with Crippen LogP contribution in [0.4, 0.5) is 4.39 Å². The van der Waals surface area contributed by atoms with E-state index in [9.17, 15) is 9.18 Å².